The minimum atomic E-state index is -0.265. The fourth-order valence-corrected chi connectivity index (χ4v) is 7.61. The van der Waals surface area contributed by atoms with Crippen LogP contribution < -0.4 is 10.6 Å². The van der Waals surface area contributed by atoms with Crippen LogP contribution in [0.25, 0.3) is 53.2 Å². The van der Waals surface area contributed by atoms with Gasteiger partial charge < -0.3 is 9.73 Å². The molecule has 2 aromatic heterocycles. The van der Waals surface area contributed by atoms with Crippen molar-refractivity contribution in [2.24, 2.45) is 4.99 Å². The second-order valence-electron chi connectivity index (χ2n) is 11.2. The highest BCUT2D eigenvalue weighted by atomic mass is 32.1. The second kappa shape index (κ2) is 10.2. The van der Waals surface area contributed by atoms with E-state index in [1.165, 1.54) is 31.3 Å². The molecule has 210 valence electrons. The van der Waals surface area contributed by atoms with Gasteiger partial charge in [0.2, 0.25) is 0 Å². The van der Waals surface area contributed by atoms with Crippen molar-refractivity contribution in [1.29, 1.82) is 0 Å². The van der Waals surface area contributed by atoms with Crippen LogP contribution in [0.4, 0.5) is 0 Å². The van der Waals surface area contributed by atoms with Crippen molar-refractivity contribution in [3.8, 4) is 11.1 Å². The summed E-state index contributed by atoms with van der Waals surface area (Å²) >= 11 is 1.84. The molecule has 9 rings (SSSR count). The van der Waals surface area contributed by atoms with Crippen molar-refractivity contribution < 1.29 is 4.42 Å². The number of rotatable bonds is 4. The molecular weight excluding hydrogens is 559 g/mol. The zero-order chi connectivity index (χ0) is 29.0. The predicted octanol–water partition coefficient (Wildman–Crippen LogP) is 9.96. The van der Waals surface area contributed by atoms with Crippen LogP contribution in [0, 0.1) is 0 Å². The summed E-state index contributed by atoms with van der Waals surface area (Å²) in [6.45, 7) is 0. The molecule has 44 heavy (non-hydrogen) atoms. The third-order valence-corrected chi connectivity index (χ3v) is 9.71. The van der Waals surface area contributed by atoms with Gasteiger partial charge >= 0.3 is 0 Å². The van der Waals surface area contributed by atoms with Crippen molar-refractivity contribution in [3.05, 3.63) is 156 Å². The number of nitrogens with zero attached hydrogens (tertiary/aromatic N) is 1. The lowest BCUT2D eigenvalue weighted by Crippen LogP contribution is -2.45. The summed E-state index contributed by atoms with van der Waals surface area (Å²) in [6.07, 6.45) is -0.480. The molecule has 0 saturated carbocycles. The van der Waals surface area contributed by atoms with E-state index < -0.39 is 0 Å². The number of thiophene rings is 1. The molecule has 4 nitrogen and oxygen atoms in total. The Morgan fingerprint density at radius 3 is 2.23 bits per heavy atom. The summed E-state index contributed by atoms with van der Waals surface area (Å²) in [7, 11) is 0. The first-order valence-electron chi connectivity index (χ1n) is 14.9. The molecule has 1 aliphatic rings. The number of aliphatic imine (C=N–C) groups is 1. The molecule has 2 unspecified atom stereocenters. The SMILES string of the molecule is c1ccc(C2=NC(c3ccc4sc5cccc(-c6ccccc6)c5c4c3)NC(c3cccc4c3oc3ccccc34)N2)cc1. The van der Waals surface area contributed by atoms with Gasteiger partial charge in [-0.05, 0) is 41.0 Å². The molecule has 2 atom stereocenters. The smallest absolute Gasteiger partial charge is 0.142 e. The molecule has 0 radical (unpaired) electrons. The Balaban J connectivity index is 1.20. The Hall–Kier alpha value is -5.23. The van der Waals surface area contributed by atoms with E-state index in [2.05, 4.69) is 132 Å². The average molecular weight is 586 g/mol. The molecule has 8 aromatic rings. The van der Waals surface area contributed by atoms with Gasteiger partial charge in [0, 0.05) is 42.1 Å². The van der Waals surface area contributed by atoms with Crippen LogP contribution in [0.15, 0.2) is 149 Å². The van der Waals surface area contributed by atoms with Crippen LogP contribution in [0.1, 0.15) is 29.0 Å². The molecule has 0 amide bonds. The normalized spacial score (nSPS) is 16.9. The standard InChI is InChI=1S/C39H27N3OS/c1-3-11-24(12-4-1)27-16-10-20-34-35(27)31-23-26(21-22-33(31)44-34)38-40-37(25-13-5-2-6-14-25)41-39(42-38)30-18-9-17-29-28-15-7-8-19-32(28)43-36(29)30/h1-23,38-39,42H,(H,40,41). The Kier molecular flexibility index (Phi) is 5.86. The summed E-state index contributed by atoms with van der Waals surface area (Å²) in [5.74, 6) is 0.854. The minimum Gasteiger partial charge on any atom is -0.456 e. The fourth-order valence-electron chi connectivity index (χ4n) is 6.50. The largest absolute Gasteiger partial charge is 0.456 e. The van der Waals surface area contributed by atoms with Crippen molar-refractivity contribution in [1.82, 2.24) is 10.6 Å². The van der Waals surface area contributed by atoms with Crippen LogP contribution in [-0.2, 0) is 0 Å². The summed E-state index contributed by atoms with van der Waals surface area (Å²) in [4.78, 5) is 5.24. The maximum Gasteiger partial charge on any atom is 0.142 e. The van der Waals surface area contributed by atoms with E-state index in [-0.39, 0.29) is 12.3 Å². The Morgan fingerprint density at radius 2 is 1.36 bits per heavy atom. The summed E-state index contributed by atoms with van der Waals surface area (Å²) in [5, 5.41) is 12.3. The average Bonchev–Trinajstić information content (AvgIpc) is 3.67. The van der Waals surface area contributed by atoms with E-state index in [0.717, 1.165) is 44.5 Å². The van der Waals surface area contributed by atoms with E-state index >= 15 is 0 Å². The number of fused-ring (bicyclic) bond motifs is 6. The molecule has 0 spiro atoms. The first-order chi connectivity index (χ1) is 21.8. The van der Waals surface area contributed by atoms with Gasteiger partial charge in [-0.2, -0.15) is 0 Å². The molecule has 1 aliphatic heterocycles. The quantitative estimate of drug-likeness (QED) is 0.216. The Labute approximate surface area is 258 Å². The number of para-hydroxylation sites is 2. The molecule has 0 fully saturated rings. The van der Waals surface area contributed by atoms with Crippen molar-refractivity contribution in [3.63, 3.8) is 0 Å². The van der Waals surface area contributed by atoms with Gasteiger partial charge in [0.1, 0.15) is 29.3 Å². The fraction of sp³-hybridized carbons (Fsp3) is 0.0513. The first kappa shape index (κ1) is 25.3. The minimum absolute atomic E-state index is 0.216. The molecule has 0 saturated heterocycles. The number of furan rings is 1. The molecular formula is C39H27N3OS. The number of nitrogens with one attached hydrogen (secondary N) is 2. The van der Waals surface area contributed by atoms with Gasteiger partial charge in [0.25, 0.3) is 0 Å². The number of benzene rings is 6. The van der Waals surface area contributed by atoms with Gasteiger partial charge in [0.05, 0.1) is 0 Å². The molecule has 0 aliphatic carbocycles. The van der Waals surface area contributed by atoms with Crippen molar-refractivity contribution in [2.75, 3.05) is 0 Å². The van der Waals surface area contributed by atoms with Crippen LogP contribution in [0.2, 0.25) is 0 Å². The number of hydrogen-bond acceptors (Lipinski definition) is 5. The van der Waals surface area contributed by atoms with Gasteiger partial charge in [-0.3, -0.25) is 5.32 Å². The van der Waals surface area contributed by atoms with Crippen LogP contribution in [-0.4, -0.2) is 5.84 Å². The van der Waals surface area contributed by atoms with Crippen molar-refractivity contribution in [2.45, 2.75) is 12.3 Å². The van der Waals surface area contributed by atoms with Gasteiger partial charge in [-0.1, -0.05) is 115 Å². The molecule has 0 bridgehead atoms. The van der Waals surface area contributed by atoms with Gasteiger partial charge in [0.15, 0.2) is 0 Å². The van der Waals surface area contributed by atoms with Crippen molar-refractivity contribution >= 4 is 59.3 Å². The maximum absolute atomic E-state index is 6.45. The summed E-state index contributed by atoms with van der Waals surface area (Å²) in [5.41, 5.74) is 7.49. The Morgan fingerprint density at radius 1 is 0.614 bits per heavy atom. The van der Waals surface area contributed by atoms with Gasteiger partial charge in [-0.15, -0.1) is 11.3 Å². The van der Waals surface area contributed by atoms with E-state index in [1.807, 2.05) is 29.5 Å². The maximum atomic E-state index is 6.45. The third kappa shape index (κ3) is 4.13. The van der Waals surface area contributed by atoms with Gasteiger partial charge in [-0.25, -0.2) is 4.99 Å². The summed E-state index contributed by atoms with van der Waals surface area (Å²) < 4.78 is 9.02. The number of hydrogen-bond donors (Lipinski definition) is 2. The highest BCUT2D eigenvalue weighted by Gasteiger charge is 2.28. The van der Waals surface area contributed by atoms with E-state index in [4.69, 9.17) is 9.41 Å². The first-order valence-corrected chi connectivity index (χ1v) is 15.7. The lowest BCUT2D eigenvalue weighted by atomic mass is 9.98. The molecule has 2 N–H and O–H groups in total. The topological polar surface area (TPSA) is 49.6 Å². The van der Waals surface area contributed by atoms with E-state index in [9.17, 15) is 0 Å². The van der Waals surface area contributed by atoms with Crippen LogP contribution in [0.5, 0.6) is 0 Å². The summed E-state index contributed by atoms with van der Waals surface area (Å²) in [6, 6.07) is 49.1. The third-order valence-electron chi connectivity index (χ3n) is 8.58. The monoisotopic (exact) mass is 585 g/mol. The lowest BCUT2D eigenvalue weighted by molar-refractivity contribution is 0.408. The zero-order valence-electron chi connectivity index (χ0n) is 23.7. The second-order valence-corrected chi connectivity index (χ2v) is 12.3. The highest BCUT2D eigenvalue weighted by Crippen LogP contribution is 2.42. The lowest BCUT2D eigenvalue weighted by Gasteiger charge is -2.32. The van der Waals surface area contributed by atoms with Crippen LogP contribution >= 0.6 is 11.3 Å². The van der Waals surface area contributed by atoms with Crippen LogP contribution in [0.3, 0.4) is 0 Å². The molecule has 3 heterocycles. The molecule has 6 aromatic carbocycles. The molecule has 5 heteroatoms. The Bertz CT molecular complexity index is 2350. The predicted molar refractivity (Wildman–Crippen MR) is 183 cm³/mol. The van der Waals surface area contributed by atoms with E-state index in [1.54, 1.807) is 0 Å². The highest BCUT2D eigenvalue weighted by molar-refractivity contribution is 7.25. The number of amidine groups is 1. The zero-order valence-corrected chi connectivity index (χ0v) is 24.5. The van der Waals surface area contributed by atoms with E-state index in [0.29, 0.717) is 0 Å².